The summed E-state index contributed by atoms with van der Waals surface area (Å²) in [6.45, 7) is 16.5. The Kier molecular flexibility index (Phi) is 8.41. The van der Waals surface area contributed by atoms with Crippen LogP contribution in [0, 0.1) is 34.0 Å². The molecule has 17 atom stereocenters. The maximum atomic E-state index is 14.4. The molecule has 0 unspecified atom stereocenters. The van der Waals surface area contributed by atoms with Gasteiger partial charge in [-0.2, -0.15) is 0 Å². The fourth-order valence-corrected chi connectivity index (χ4v) is 13.7. The molecule has 0 radical (unpaired) electrons. The van der Waals surface area contributed by atoms with Gasteiger partial charge in [0.05, 0.1) is 44.0 Å². The maximum absolute atomic E-state index is 14.4. The number of ether oxygens (including phenoxy) is 9. The highest BCUT2D eigenvalue weighted by Crippen LogP contribution is 2.89. The van der Waals surface area contributed by atoms with E-state index in [1.807, 2.05) is 6.92 Å². The van der Waals surface area contributed by atoms with Gasteiger partial charge in [0.2, 0.25) is 0 Å². The Balaban J connectivity index is 1.41. The molecule has 60 heavy (non-hydrogen) atoms. The van der Waals surface area contributed by atoms with E-state index in [1.54, 1.807) is 54.5 Å². The first-order chi connectivity index (χ1) is 27.8. The molecule has 8 aliphatic rings. The van der Waals surface area contributed by atoms with Crippen molar-refractivity contribution in [3.05, 3.63) is 24.2 Å². The Labute approximate surface area is 347 Å². The minimum Gasteiger partial charge on any atom is -0.472 e. The molecule has 4 saturated carbocycles. The SMILES string of the molecule is CC[C@H](C)C(=O)O[C@@H]1C[C@@]2(C)[C@H](c3ccoc3)OC(=O)C[C@]23O[C@@]2(C)O[C@@]34[C@H](OC(=O)C(C)C)[C@@]3(O)[C@@H](OC(=O)[C@@]5(C)O[C@H]5C)[C@@]5(C)C[C@@]3(O)[C@@](C)([C@H]5CC(=O)OC)[C@@]14O2. The Bertz CT molecular complexity index is 2070. The topological polar surface area (TPSA) is 225 Å². The summed E-state index contributed by atoms with van der Waals surface area (Å²) in [5.74, 6) is -8.52. The quantitative estimate of drug-likeness (QED) is 0.196. The lowest BCUT2D eigenvalue weighted by Gasteiger charge is -2.79. The maximum Gasteiger partial charge on any atom is 0.341 e. The van der Waals surface area contributed by atoms with Crippen LogP contribution in [0.3, 0.4) is 0 Å². The molecule has 4 aliphatic carbocycles. The van der Waals surface area contributed by atoms with Gasteiger partial charge < -0.3 is 57.3 Å². The first-order valence-corrected chi connectivity index (χ1v) is 21.0. The van der Waals surface area contributed by atoms with Crippen LogP contribution < -0.4 is 0 Å². The molecule has 17 heteroatoms. The first kappa shape index (κ1) is 41.7. The fraction of sp³-hybridized carbons (Fsp3) is 0.791. The molecule has 17 nitrogen and oxygen atoms in total. The van der Waals surface area contributed by atoms with Crippen molar-refractivity contribution in [2.24, 2.45) is 34.0 Å². The summed E-state index contributed by atoms with van der Waals surface area (Å²) in [5, 5.41) is 28.1. The van der Waals surface area contributed by atoms with Crippen molar-refractivity contribution in [2.75, 3.05) is 7.11 Å². The van der Waals surface area contributed by atoms with Crippen LogP contribution in [0.4, 0.5) is 0 Å². The summed E-state index contributed by atoms with van der Waals surface area (Å²) in [5.41, 5.74) is -17.8. The number of epoxide rings is 1. The second-order valence-corrected chi connectivity index (χ2v) is 20.0. The largest absolute Gasteiger partial charge is 0.472 e. The molecule has 1 aromatic rings. The van der Waals surface area contributed by atoms with Crippen molar-refractivity contribution in [1.29, 1.82) is 0 Å². The second-order valence-electron chi connectivity index (χ2n) is 20.0. The monoisotopic (exact) mass is 844 g/mol. The Morgan fingerprint density at radius 2 is 1.60 bits per heavy atom. The van der Waals surface area contributed by atoms with Crippen LogP contribution in [0.5, 0.6) is 0 Å². The smallest absolute Gasteiger partial charge is 0.341 e. The van der Waals surface area contributed by atoms with E-state index in [0.717, 1.165) is 0 Å². The van der Waals surface area contributed by atoms with Crippen LogP contribution in [0.2, 0.25) is 0 Å². The number of fused-ring (bicyclic) bond motifs is 2. The van der Waals surface area contributed by atoms with E-state index in [4.69, 9.17) is 47.0 Å². The zero-order valence-electron chi connectivity index (χ0n) is 35.9. The van der Waals surface area contributed by atoms with Gasteiger partial charge in [-0.1, -0.05) is 48.5 Å². The lowest BCUT2D eigenvalue weighted by atomic mass is 9.31. The Morgan fingerprint density at radius 3 is 2.18 bits per heavy atom. The van der Waals surface area contributed by atoms with Crippen molar-refractivity contribution < 1.29 is 81.2 Å². The zero-order chi connectivity index (χ0) is 43.8. The predicted molar refractivity (Wildman–Crippen MR) is 198 cm³/mol. The lowest BCUT2D eigenvalue weighted by Crippen LogP contribution is -2.99. The van der Waals surface area contributed by atoms with Crippen molar-refractivity contribution in [1.82, 2.24) is 0 Å². The zero-order valence-corrected chi connectivity index (χ0v) is 35.9. The normalized spacial score (nSPS) is 51.6. The molecule has 8 fully saturated rings. The molecule has 330 valence electrons. The van der Waals surface area contributed by atoms with Gasteiger partial charge >= 0.3 is 29.8 Å². The minimum atomic E-state index is -2.80. The van der Waals surface area contributed by atoms with E-state index < -0.39 is 147 Å². The van der Waals surface area contributed by atoms with Crippen molar-refractivity contribution >= 4 is 29.8 Å². The number of carbonyl (C=O) groups excluding carboxylic acids is 5. The van der Waals surface area contributed by atoms with E-state index in [1.165, 1.54) is 33.5 Å². The van der Waals surface area contributed by atoms with E-state index in [9.17, 15) is 34.2 Å². The third-order valence-electron chi connectivity index (χ3n) is 16.8. The second kappa shape index (κ2) is 12.1. The number of methoxy groups -OCH3 is 1. The molecule has 5 heterocycles. The summed E-state index contributed by atoms with van der Waals surface area (Å²) in [6.07, 6.45) is -5.20. The molecule has 0 aromatic carbocycles. The van der Waals surface area contributed by atoms with Crippen LogP contribution in [-0.2, 0) is 66.6 Å². The minimum absolute atomic E-state index is 0.151. The first-order valence-electron chi connectivity index (χ1n) is 21.0. The van der Waals surface area contributed by atoms with E-state index in [2.05, 4.69) is 0 Å². The van der Waals surface area contributed by atoms with E-state index >= 15 is 0 Å². The van der Waals surface area contributed by atoms with Gasteiger partial charge in [-0.05, 0) is 45.1 Å². The predicted octanol–water partition coefficient (Wildman–Crippen LogP) is 3.34. The highest BCUT2D eigenvalue weighted by molar-refractivity contribution is 5.83. The Hall–Kier alpha value is -3.61. The molecule has 9 rings (SSSR count). The number of esters is 5. The molecular formula is C43H56O17. The molecule has 4 aliphatic heterocycles. The molecule has 0 amide bonds. The van der Waals surface area contributed by atoms with E-state index in [0.29, 0.717) is 12.0 Å². The standard InChI is InChI=1S/C43H56O17/c1-12-21(4)30(47)53-25-16-35(7)28(23-13-14-52-18-23)54-27(45)17-40(35)43-32(55-29(46)20(2)3)41(50)31(56-33(48)36(8)22(5)57-36)34(6)19-39(41,49)37(9,24(34)15-26(44)51-11)42(25,43)59-38(10,58-40)60-43/h13-14,18,20-22,24-25,28,31-32,49-50H,12,15-17,19H2,1-11H3/t21-,22-,24-,25+,28-,31-,32+,34-,35-,36-,37+,38+,39+,40-,41-,42-,43-/m0/s1. The van der Waals surface area contributed by atoms with Crippen molar-refractivity contribution in [2.45, 2.75) is 171 Å². The van der Waals surface area contributed by atoms with Gasteiger partial charge in [0.1, 0.15) is 29.5 Å². The Morgan fingerprint density at radius 1 is 0.933 bits per heavy atom. The van der Waals surface area contributed by atoms with Crippen molar-refractivity contribution in [3.63, 3.8) is 0 Å². The van der Waals surface area contributed by atoms with Crippen LogP contribution >= 0.6 is 0 Å². The molecule has 4 saturated heterocycles. The summed E-state index contributed by atoms with van der Waals surface area (Å²) < 4.78 is 63.7. The van der Waals surface area contributed by atoms with Crippen molar-refractivity contribution in [3.8, 4) is 0 Å². The van der Waals surface area contributed by atoms with E-state index in [-0.39, 0.29) is 12.8 Å². The number of cyclic esters (lactones) is 1. The summed E-state index contributed by atoms with van der Waals surface area (Å²) >= 11 is 0. The average Bonchev–Trinajstić information content (AvgIpc) is 3.63. The van der Waals surface area contributed by atoms with Gasteiger partial charge in [-0.15, -0.1) is 0 Å². The third-order valence-corrected chi connectivity index (χ3v) is 16.8. The highest BCUT2D eigenvalue weighted by Gasteiger charge is 3.07. The van der Waals surface area contributed by atoms with Crippen LogP contribution in [0.1, 0.15) is 113 Å². The number of furan rings is 1. The number of hydrogen-bond donors (Lipinski definition) is 2. The molecule has 2 spiro atoms. The summed E-state index contributed by atoms with van der Waals surface area (Å²) in [7, 11) is 1.21. The van der Waals surface area contributed by atoms with Gasteiger partial charge in [0.15, 0.2) is 28.5 Å². The highest BCUT2D eigenvalue weighted by atomic mass is 17.0. The van der Waals surface area contributed by atoms with Gasteiger partial charge in [0, 0.05) is 35.2 Å². The summed E-state index contributed by atoms with van der Waals surface area (Å²) in [4.78, 5) is 71.1. The van der Waals surface area contributed by atoms with Crippen LogP contribution in [0.25, 0.3) is 0 Å². The third kappa shape index (κ3) is 4.28. The average molecular weight is 845 g/mol. The molecular weight excluding hydrogens is 788 g/mol. The van der Waals surface area contributed by atoms with Gasteiger partial charge in [-0.25, -0.2) is 4.79 Å². The number of carbonyl (C=O) groups is 5. The molecule has 1 aromatic heterocycles. The molecule has 4 bridgehead atoms. The number of rotatable bonds is 10. The number of aliphatic hydroxyl groups is 2. The number of hydrogen-bond acceptors (Lipinski definition) is 17. The lowest BCUT2D eigenvalue weighted by molar-refractivity contribution is -0.479. The van der Waals surface area contributed by atoms with Crippen LogP contribution in [0.15, 0.2) is 23.0 Å². The summed E-state index contributed by atoms with van der Waals surface area (Å²) in [6, 6.07) is 1.62. The molecule has 2 N–H and O–H groups in total. The van der Waals surface area contributed by atoms with Gasteiger partial charge in [-0.3, -0.25) is 19.2 Å². The van der Waals surface area contributed by atoms with Crippen LogP contribution in [-0.4, -0.2) is 111 Å². The fourth-order valence-electron chi connectivity index (χ4n) is 13.7. The van der Waals surface area contributed by atoms with Gasteiger partial charge in [0.25, 0.3) is 5.97 Å².